The average molecular weight is 483 g/mol. The van der Waals surface area contributed by atoms with Crippen molar-refractivity contribution in [2.24, 2.45) is 0 Å². The number of nitrogens with one attached hydrogen (secondary N) is 3. The van der Waals surface area contributed by atoms with Crippen LogP contribution in [0.25, 0.3) is 11.0 Å². The van der Waals surface area contributed by atoms with Crippen LogP contribution in [0.3, 0.4) is 0 Å². The molecule has 36 heavy (non-hydrogen) atoms. The highest BCUT2D eigenvalue weighted by molar-refractivity contribution is 5.92. The Morgan fingerprint density at radius 2 is 1.56 bits per heavy atom. The van der Waals surface area contributed by atoms with Crippen LogP contribution < -0.4 is 16.0 Å². The van der Waals surface area contributed by atoms with Gasteiger partial charge < -0.3 is 20.4 Å². The van der Waals surface area contributed by atoms with Crippen molar-refractivity contribution >= 4 is 28.6 Å². The molecule has 3 aromatic carbocycles. The Morgan fingerprint density at radius 1 is 0.889 bits per heavy atom. The van der Waals surface area contributed by atoms with Crippen LogP contribution in [-0.4, -0.2) is 42.5 Å². The van der Waals surface area contributed by atoms with E-state index in [1.165, 1.54) is 0 Å². The number of urea groups is 1. The van der Waals surface area contributed by atoms with Crippen molar-refractivity contribution < 1.29 is 14.0 Å². The first kappa shape index (κ1) is 23.6. The summed E-state index contributed by atoms with van der Waals surface area (Å²) in [6.45, 7) is 1.84. The lowest BCUT2D eigenvalue weighted by Crippen LogP contribution is -2.49. The van der Waals surface area contributed by atoms with E-state index < -0.39 is 6.04 Å². The van der Waals surface area contributed by atoms with E-state index >= 15 is 0 Å². The fraction of sp³-hybridized carbons (Fsp3) is 0.241. The Kier molecular flexibility index (Phi) is 7.28. The molecule has 1 atom stereocenters. The molecule has 1 fully saturated rings. The molecule has 5 rings (SSSR count). The van der Waals surface area contributed by atoms with Gasteiger partial charge in [-0.2, -0.15) is 0 Å². The first-order valence-electron chi connectivity index (χ1n) is 12.3. The lowest BCUT2D eigenvalue weighted by Gasteiger charge is -2.32. The van der Waals surface area contributed by atoms with Crippen LogP contribution in [-0.2, 0) is 4.79 Å². The van der Waals surface area contributed by atoms with E-state index in [0.717, 1.165) is 48.2 Å². The van der Waals surface area contributed by atoms with Crippen LogP contribution in [0, 0.1) is 0 Å². The van der Waals surface area contributed by atoms with Crippen molar-refractivity contribution in [3.63, 3.8) is 0 Å². The number of furan rings is 1. The first-order valence-corrected chi connectivity index (χ1v) is 12.3. The number of nitrogens with zero attached hydrogens (tertiary/aromatic N) is 1. The van der Waals surface area contributed by atoms with Crippen LogP contribution >= 0.6 is 0 Å². The lowest BCUT2D eigenvalue weighted by atomic mass is 10.0. The molecule has 7 heteroatoms. The van der Waals surface area contributed by atoms with E-state index in [-0.39, 0.29) is 18.0 Å². The smallest absolute Gasteiger partial charge is 0.315 e. The minimum Gasteiger partial charge on any atom is -0.459 e. The molecule has 7 nitrogen and oxygen atoms in total. The Morgan fingerprint density at radius 3 is 2.28 bits per heavy atom. The summed E-state index contributed by atoms with van der Waals surface area (Å²) < 4.78 is 6.08. The molecule has 0 saturated carbocycles. The van der Waals surface area contributed by atoms with Gasteiger partial charge in [0.1, 0.15) is 17.4 Å². The summed E-state index contributed by atoms with van der Waals surface area (Å²) in [7, 11) is 0. The third-order valence-corrected chi connectivity index (χ3v) is 6.48. The molecule has 0 spiro atoms. The second-order valence-electron chi connectivity index (χ2n) is 9.11. The highest BCUT2D eigenvalue weighted by Gasteiger charge is 2.25. The van der Waals surface area contributed by atoms with Crippen molar-refractivity contribution in [3.05, 3.63) is 102 Å². The van der Waals surface area contributed by atoms with Crippen LogP contribution in [0.5, 0.6) is 0 Å². The topological polar surface area (TPSA) is 86.6 Å². The molecule has 4 aromatic rings. The van der Waals surface area contributed by atoms with Gasteiger partial charge in [-0.3, -0.25) is 9.69 Å². The standard InChI is InChI=1S/C29H30N4O3/c34-27(30-23-12-5-2-6-13-23)20-33-17-15-24(16-18-33)31-29(35)32-28(21-9-3-1-4-10-21)26-19-22-11-7-8-14-25(22)36-26/h1-14,19,24,28H,15-18,20H2,(H,30,34)(H2,31,32,35). The predicted molar refractivity (Wildman–Crippen MR) is 141 cm³/mol. The first-order chi connectivity index (χ1) is 17.6. The molecule has 1 unspecified atom stereocenters. The molecule has 1 aliphatic heterocycles. The molecule has 2 heterocycles. The maximum absolute atomic E-state index is 13.0. The van der Waals surface area contributed by atoms with Crippen LogP contribution in [0.2, 0.25) is 0 Å². The van der Waals surface area contributed by atoms with Gasteiger partial charge >= 0.3 is 6.03 Å². The second-order valence-corrected chi connectivity index (χ2v) is 9.11. The second kappa shape index (κ2) is 11.1. The number of anilines is 1. The summed E-state index contributed by atoms with van der Waals surface area (Å²) in [6, 6.07) is 28.5. The van der Waals surface area contributed by atoms with Gasteiger partial charge in [-0.05, 0) is 42.7 Å². The van der Waals surface area contributed by atoms with E-state index in [2.05, 4.69) is 20.9 Å². The molecular formula is C29H30N4O3. The molecule has 1 aliphatic rings. The molecule has 184 valence electrons. The van der Waals surface area contributed by atoms with Gasteiger partial charge in [-0.1, -0.05) is 66.7 Å². The Labute approximate surface area is 210 Å². The number of benzene rings is 3. The largest absolute Gasteiger partial charge is 0.459 e. The number of piperidine rings is 1. The monoisotopic (exact) mass is 482 g/mol. The summed E-state index contributed by atoms with van der Waals surface area (Å²) >= 11 is 0. The van der Waals surface area contributed by atoms with E-state index in [0.29, 0.717) is 12.3 Å². The molecule has 0 aliphatic carbocycles. The van der Waals surface area contributed by atoms with Crippen LogP contribution in [0.1, 0.15) is 30.2 Å². The summed E-state index contributed by atoms with van der Waals surface area (Å²) in [5.41, 5.74) is 2.54. The van der Waals surface area contributed by atoms with Gasteiger partial charge in [0.05, 0.1) is 6.54 Å². The summed E-state index contributed by atoms with van der Waals surface area (Å²) in [6.07, 6.45) is 1.57. The SMILES string of the molecule is O=C(CN1CCC(NC(=O)NC(c2ccccc2)c2cc3ccccc3o2)CC1)Nc1ccccc1. The number of para-hydroxylation sites is 2. The summed E-state index contributed by atoms with van der Waals surface area (Å²) in [5, 5.41) is 10.1. The average Bonchev–Trinajstić information content (AvgIpc) is 3.33. The molecule has 3 N–H and O–H groups in total. The maximum atomic E-state index is 13.0. The van der Waals surface area contributed by atoms with Crippen molar-refractivity contribution in [1.29, 1.82) is 0 Å². The van der Waals surface area contributed by atoms with E-state index in [1.54, 1.807) is 0 Å². The van der Waals surface area contributed by atoms with E-state index in [9.17, 15) is 9.59 Å². The molecular weight excluding hydrogens is 452 g/mol. The van der Waals surface area contributed by atoms with E-state index in [1.807, 2.05) is 91.0 Å². The maximum Gasteiger partial charge on any atom is 0.315 e. The van der Waals surface area contributed by atoms with Gasteiger partial charge in [-0.25, -0.2) is 4.79 Å². The van der Waals surface area contributed by atoms with Crippen molar-refractivity contribution in [2.75, 3.05) is 25.0 Å². The highest BCUT2D eigenvalue weighted by Crippen LogP contribution is 2.28. The van der Waals surface area contributed by atoms with E-state index in [4.69, 9.17) is 4.42 Å². The fourth-order valence-corrected chi connectivity index (χ4v) is 4.63. The predicted octanol–water partition coefficient (Wildman–Crippen LogP) is 4.92. The number of amides is 3. The Balaban J connectivity index is 1.16. The highest BCUT2D eigenvalue weighted by atomic mass is 16.3. The van der Waals surface area contributed by atoms with Crippen molar-refractivity contribution in [1.82, 2.24) is 15.5 Å². The van der Waals surface area contributed by atoms with Gasteiger partial charge in [0, 0.05) is 30.2 Å². The van der Waals surface area contributed by atoms with Crippen LogP contribution in [0.4, 0.5) is 10.5 Å². The third kappa shape index (κ3) is 5.93. The molecule has 0 radical (unpaired) electrons. The number of likely N-dealkylation sites (tertiary alicyclic amines) is 1. The zero-order valence-electron chi connectivity index (χ0n) is 20.0. The summed E-state index contributed by atoms with van der Waals surface area (Å²) in [4.78, 5) is 27.5. The third-order valence-electron chi connectivity index (χ3n) is 6.48. The molecule has 1 aromatic heterocycles. The normalized spacial score (nSPS) is 15.3. The number of fused-ring (bicyclic) bond motifs is 1. The van der Waals surface area contributed by atoms with Gasteiger partial charge in [-0.15, -0.1) is 0 Å². The van der Waals surface area contributed by atoms with Gasteiger partial charge in [0.25, 0.3) is 0 Å². The Bertz CT molecular complexity index is 1260. The number of carbonyl (C=O) groups is 2. The van der Waals surface area contributed by atoms with Crippen LogP contribution in [0.15, 0.2) is 95.4 Å². The van der Waals surface area contributed by atoms with Crippen molar-refractivity contribution in [2.45, 2.75) is 24.9 Å². The van der Waals surface area contributed by atoms with Crippen molar-refractivity contribution in [3.8, 4) is 0 Å². The number of carbonyl (C=O) groups excluding carboxylic acids is 2. The fourth-order valence-electron chi connectivity index (χ4n) is 4.63. The zero-order chi connectivity index (χ0) is 24.7. The zero-order valence-corrected chi connectivity index (χ0v) is 20.0. The summed E-state index contributed by atoms with van der Waals surface area (Å²) in [5.74, 6) is 0.665. The van der Waals surface area contributed by atoms with Gasteiger partial charge in [0.15, 0.2) is 0 Å². The Hall–Kier alpha value is -4.10. The molecule has 1 saturated heterocycles. The number of hydrogen-bond acceptors (Lipinski definition) is 4. The number of rotatable bonds is 7. The van der Waals surface area contributed by atoms with Gasteiger partial charge in [0.2, 0.25) is 5.91 Å². The minimum absolute atomic E-state index is 0.0260. The number of hydrogen-bond donors (Lipinski definition) is 3. The minimum atomic E-state index is -0.402. The quantitative estimate of drug-likeness (QED) is 0.349. The molecule has 3 amide bonds. The lowest BCUT2D eigenvalue weighted by molar-refractivity contribution is -0.117. The molecule has 0 bridgehead atoms.